The highest BCUT2D eigenvalue weighted by molar-refractivity contribution is 6.08. The second-order valence-corrected chi connectivity index (χ2v) is 5.07. The molecule has 106 valence electrons. The Morgan fingerprint density at radius 1 is 1.23 bits per heavy atom. The lowest BCUT2D eigenvalue weighted by Crippen LogP contribution is -2.06. The van der Waals surface area contributed by atoms with Crippen molar-refractivity contribution in [1.29, 1.82) is 5.26 Å². The van der Waals surface area contributed by atoms with E-state index in [0.29, 0.717) is 22.0 Å². The topological polar surface area (TPSA) is 66.6 Å². The molecule has 4 heteroatoms. The predicted octanol–water partition coefficient (Wildman–Crippen LogP) is 3.24. The lowest BCUT2D eigenvalue weighted by atomic mass is 10.0. The largest absolute Gasteiger partial charge is 0.294 e. The Kier molecular flexibility index (Phi) is 3.63. The molecule has 0 atom stereocenters. The van der Waals surface area contributed by atoms with Gasteiger partial charge in [-0.05, 0) is 43.3 Å². The summed E-state index contributed by atoms with van der Waals surface area (Å²) in [7, 11) is 0. The van der Waals surface area contributed by atoms with Gasteiger partial charge in [0.25, 0.3) is 0 Å². The van der Waals surface area contributed by atoms with Gasteiger partial charge in [0.1, 0.15) is 0 Å². The van der Waals surface area contributed by atoms with Crippen molar-refractivity contribution >= 4 is 16.7 Å². The molecule has 0 saturated carbocycles. The monoisotopic (exact) mass is 287 g/mol. The smallest absolute Gasteiger partial charge is 0.169 e. The summed E-state index contributed by atoms with van der Waals surface area (Å²) >= 11 is 0. The van der Waals surface area contributed by atoms with Crippen LogP contribution in [-0.4, -0.2) is 15.8 Å². The Bertz CT molecular complexity index is 910. The Balaban J connectivity index is 2.02. The molecule has 3 rings (SSSR count). The molecule has 0 unspecified atom stereocenters. The first-order valence-corrected chi connectivity index (χ1v) is 6.92. The van der Waals surface area contributed by atoms with E-state index >= 15 is 0 Å². The predicted molar refractivity (Wildman–Crippen MR) is 83.5 cm³/mol. The van der Waals surface area contributed by atoms with Crippen molar-refractivity contribution in [3.63, 3.8) is 0 Å². The minimum atomic E-state index is -0.0272. The minimum absolute atomic E-state index is 0.0272. The fourth-order valence-corrected chi connectivity index (χ4v) is 2.42. The van der Waals surface area contributed by atoms with Crippen LogP contribution in [0.2, 0.25) is 0 Å². The van der Waals surface area contributed by atoms with Gasteiger partial charge in [-0.15, -0.1) is 0 Å². The van der Waals surface area contributed by atoms with Gasteiger partial charge in [0, 0.05) is 28.5 Å². The van der Waals surface area contributed by atoms with Crippen molar-refractivity contribution < 1.29 is 4.79 Å². The number of fused-ring (bicyclic) bond motifs is 1. The average Bonchev–Trinajstić information content (AvgIpc) is 2.53. The van der Waals surface area contributed by atoms with Gasteiger partial charge in [-0.2, -0.15) is 5.26 Å². The Morgan fingerprint density at radius 3 is 2.86 bits per heavy atom. The van der Waals surface area contributed by atoms with Crippen LogP contribution in [0, 0.1) is 18.3 Å². The summed E-state index contributed by atoms with van der Waals surface area (Å²) in [4.78, 5) is 21.2. The summed E-state index contributed by atoms with van der Waals surface area (Å²) in [6.07, 6.45) is 1.85. The number of rotatable bonds is 3. The number of aromatic nitrogens is 2. The number of carbonyl (C=O) groups excluding carboxylic acids is 1. The van der Waals surface area contributed by atoms with Crippen molar-refractivity contribution in [1.82, 2.24) is 9.97 Å². The molecule has 1 aromatic carbocycles. The van der Waals surface area contributed by atoms with E-state index in [-0.39, 0.29) is 12.2 Å². The molecular formula is C18H13N3O. The first kappa shape index (κ1) is 13.9. The van der Waals surface area contributed by atoms with Crippen molar-refractivity contribution in [2.75, 3.05) is 0 Å². The summed E-state index contributed by atoms with van der Waals surface area (Å²) in [5.74, 6) is -0.0272. The zero-order valence-corrected chi connectivity index (χ0v) is 12.1. The fraction of sp³-hybridized carbons (Fsp3) is 0.111. The second kappa shape index (κ2) is 5.74. The van der Waals surface area contributed by atoms with E-state index in [2.05, 4.69) is 16.0 Å². The third-order valence-corrected chi connectivity index (χ3v) is 3.46. The fourth-order valence-electron chi connectivity index (χ4n) is 2.42. The number of benzene rings is 1. The SMILES string of the molecule is Cc1cccc(CC(=O)c2ccnc3ccc(C#N)cc23)n1. The van der Waals surface area contributed by atoms with Gasteiger partial charge in [-0.1, -0.05) is 6.07 Å². The first-order valence-electron chi connectivity index (χ1n) is 6.92. The minimum Gasteiger partial charge on any atom is -0.294 e. The number of hydrogen-bond donors (Lipinski definition) is 0. The lowest BCUT2D eigenvalue weighted by molar-refractivity contribution is 0.0993. The van der Waals surface area contributed by atoms with Crippen molar-refractivity contribution in [2.24, 2.45) is 0 Å². The maximum absolute atomic E-state index is 12.6. The van der Waals surface area contributed by atoms with Crippen molar-refractivity contribution in [3.8, 4) is 6.07 Å². The third kappa shape index (κ3) is 2.70. The molecule has 0 aliphatic heterocycles. The summed E-state index contributed by atoms with van der Waals surface area (Å²) in [5.41, 5.74) is 3.43. The van der Waals surface area contributed by atoms with Gasteiger partial charge in [-0.3, -0.25) is 14.8 Å². The molecule has 0 radical (unpaired) electrons. The van der Waals surface area contributed by atoms with Crippen molar-refractivity contribution in [3.05, 3.63) is 71.2 Å². The number of pyridine rings is 2. The summed E-state index contributed by atoms with van der Waals surface area (Å²) < 4.78 is 0. The molecule has 0 fully saturated rings. The molecular weight excluding hydrogens is 274 g/mol. The molecule has 2 aromatic heterocycles. The highest BCUT2D eigenvalue weighted by Crippen LogP contribution is 2.20. The molecule has 2 heterocycles. The Hall–Kier alpha value is -3.06. The van der Waals surface area contributed by atoms with Crippen LogP contribution in [0.5, 0.6) is 0 Å². The summed E-state index contributed by atoms with van der Waals surface area (Å²) in [6.45, 7) is 1.90. The summed E-state index contributed by atoms with van der Waals surface area (Å²) in [6, 6.07) is 14.6. The van der Waals surface area contributed by atoms with E-state index < -0.39 is 0 Å². The van der Waals surface area contributed by atoms with E-state index in [4.69, 9.17) is 5.26 Å². The Labute approximate surface area is 128 Å². The van der Waals surface area contributed by atoms with Gasteiger partial charge < -0.3 is 0 Å². The van der Waals surface area contributed by atoms with E-state index in [1.807, 2.05) is 25.1 Å². The van der Waals surface area contributed by atoms with Crippen LogP contribution < -0.4 is 0 Å². The number of carbonyl (C=O) groups is 1. The normalized spacial score (nSPS) is 10.4. The van der Waals surface area contributed by atoms with E-state index in [0.717, 1.165) is 11.4 Å². The van der Waals surface area contributed by atoms with Crippen LogP contribution in [0.15, 0.2) is 48.7 Å². The highest BCUT2D eigenvalue weighted by atomic mass is 16.1. The zero-order valence-electron chi connectivity index (χ0n) is 12.1. The third-order valence-electron chi connectivity index (χ3n) is 3.46. The number of Topliss-reactive ketones (excluding diaryl/α,β-unsaturated/α-hetero) is 1. The molecule has 0 aliphatic rings. The number of hydrogen-bond acceptors (Lipinski definition) is 4. The quantitative estimate of drug-likeness (QED) is 0.694. The summed E-state index contributed by atoms with van der Waals surface area (Å²) in [5, 5.41) is 9.73. The molecule has 0 bridgehead atoms. The van der Waals surface area contributed by atoms with Gasteiger partial charge in [0.15, 0.2) is 5.78 Å². The maximum Gasteiger partial charge on any atom is 0.169 e. The molecule has 22 heavy (non-hydrogen) atoms. The van der Waals surface area contributed by atoms with Gasteiger partial charge >= 0.3 is 0 Å². The molecule has 3 aromatic rings. The molecule has 4 nitrogen and oxygen atoms in total. The standard InChI is InChI=1S/C18H13N3O/c1-12-3-2-4-14(21-12)10-18(22)15-7-8-20-17-6-5-13(11-19)9-16(15)17/h2-9H,10H2,1H3. The van der Waals surface area contributed by atoms with Crippen LogP contribution in [0.4, 0.5) is 0 Å². The molecule has 0 spiro atoms. The second-order valence-electron chi connectivity index (χ2n) is 5.07. The van der Waals surface area contributed by atoms with Crippen molar-refractivity contribution in [2.45, 2.75) is 13.3 Å². The maximum atomic E-state index is 12.6. The van der Waals surface area contributed by atoms with E-state index in [1.54, 1.807) is 30.5 Å². The lowest BCUT2D eigenvalue weighted by Gasteiger charge is -2.06. The Morgan fingerprint density at radius 2 is 2.09 bits per heavy atom. The molecule has 0 N–H and O–H groups in total. The molecule has 0 aliphatic carbocycles. The first-order chi connectivity index (χ1) is 10.7. The zero-order chi connectivity index (χ0) is 15.5. The van der Waals surface area contributed by atoms with Gasteiger partial charge in [0.2, 0.25) is 0 Å². The van der Waals surface area contributed by atoms with Gasteiger partial charge in [0.05, 0.1) is 23.6 Å². The van der Waals surface area contributed by atoms with E-state index in [1.165, 1.54) is 0 Å². The number of aryl methyl sites for hydroxylation is 1. The van der Waals surface area contributed by atoms with Crippen LogP contribution in [0.25, 0.3) is 10.9 Å². The highest BCUT2D eigenvalue weighted by Gasteiger charge is 2.12. The van der Waals surface area contributed by atoms with Crippen LogP contribution in [0.3, 0.4) is 0 Å². The number of nitriles is 1. The molecule has 0 amide bonds. The van der Waals surface area contributed by atoms with E-state index in [9.17, 15) is 4.79 Å². The average molecular weight is 287 g/mol. The molecule has 0 saturated heterocycles. The van der Waals surface area contributed by atoms with Crippen LogP contribution in [0.1, 0.15) is 27.3 Å². The van der Waals surface area contributed by atoms with Crippen LogP contribution in [-0.2, 0) is 6.42 Å². The van der Waals surface area contributed by atoms with Crippen LogP contribution >= 0.6 is 0 Å². The van der Waals surface area contributed by atoms with Gasteiger partial charge in [-0.25, -0.2) is 0 Å². The number of nitrogens with zero attached hydrogens (tertiary/aromatic N) is 3. The number of ketones is 1.